The molecule has 4 rings (SSSR count). The Kier molecular flexibility index (Phi) is 6.02. The van der Waals surface area contributed by atoms with E-state index in [9.17, 15) is 9.18 Å². The highest BCUT2D eigenvalue weighted by Crippen LogP contribution is 2.45. The van der Waals surface area contributed by atoms with E-state index >= 15 is 0 Å². The molecule has 7 heteroatoms. The van der Waals surface area contributed by atoms with Crippen molar-refractivity contribution >= 4 is 35.1 Å². The number of nitrogens with one attached hydrogen (secondary N) is 1. The zero-order valence-electron chi connectivity index (χ0n) is 15.1. The van der Waals surface area contributed by atoms with Crippen molar-refractivity contribution in [3.05, 3.63) is 72.0 Å². The summed E-state index contributed by atoms with van der Waals surface area (Å²) in [7, 11) is 0. The van der Waals surface area contributed by atoms with E-state index in [1.54, 1.807) is 18.2 Å². The Hall–Kier alpha value is -2.25. The molecule has 0 saturated carbocycles. The summed E-state index contributed by atoms with van der Waals surface area (Å²) in [6, 6.07) is 14.4. The number of amides is 1. The van der Waals surface area contributed by atoms with E-state index in [0.717, 1.165) is 17.2 Å². The van der Waals surface area contributed by atoms with Crippen LogP contribution in [0.5, 0.6) is 0 Å². The SMILES string of the molecule is O=C(CCc1ncc(-c2ccccc2F)o1)Nc1cccc(C2SCCS2)c1. The number of hydrogen-bond donors (Lipinski definition) is 1. The molecule has 1 aliphatic heterocycles. The van der Waals surface area contributed by atoms with E-state index < -0.39 is 0 Å². The van der Waals surface area contributed by atoms with Crippen LogP contribution in [0.4, 0.5) is 10.1 Å². The highest BCUT2D eigenvalue weighted by atomic mass is 32.2. The van der Waals surface area contributed by atoms with Crippen LogP contribution in [0.15, 0.2) is 59.1 Å². The maximum atomic E-state index is 13.8. The first-order valence-electron chi connectivity index (χ1n) is 9.02. The monoisotopic (exact) mass is 414 g/mol. The van der Waals surface area contributed by atoms with Gasteiger partial charge in [-0.25, -0.2) is 9.37 Å². The van der Waals surface area contributed by atoms with Gasteiger partial charge in [0, 0.05) is 30.0 Å². The van der Waals surface area contributed by atoms with Crippen molar-refractivity contribution in [1.82, 2.24) is 4.98 Å². The molecule has 144 valence electrons. The van der Waals surface area contributed by atoms with Crippen LogP contribution in [-0.4, -0.2) is 22.4 Å². The number of carbonyl (C=O) groups excluding carboxylic acids is 1. The Bertz CT molecular complexity index is 970. The number of halogens is 1. The van der Waals surface area contributed by atoms with Gasteiger partial charge in [0.05, 0.1) is 16.3 Å². The summed E-state index contributed by atoms with van der Waals surface area (Å²) in [5.74, 6) is 2.65. The van der Waals surface area contributed by atoms with Gasteiger partial charge in [-0.1, -0.05) is 24.3 Å². The summed E-state index contributed by atoms with van der Waals surface area (Å²) in [4.78, 5) is 16.5. The predicted octanol–water partition coefficient (Wildman–Crippen LogP) is 5.53. The zero-order valence-corrected chi connectivity index (χ0v) is 16.7. The van der Waals surface area contributed by atoms with E-state index in [1.165, 1.54) is 17.8 Å². The van der Waals surface area contributed by atoms with Gasteiger partial charge in [-0.3, -0.25) is 4.79 Å². The number of anilines is 1. The molecule has 1 aromatic heterocycles. The highest BCUT2D eigenvalue weighted by molar-refractivity contribution is 8.19. The molecule has 0 atom stereocenters. The van der Waals surface area contributed by atoms with E-state index in [4.69, 9.17) is 4.42 Å². The lowest BCUT2D eigenvalue weighted by molar-refractivity contribution is -0.116. The first-order chi connectivity index (χ1) is 13.7. The Labute approximate surface area is 171 Å². The van der Waals surface area contributed by atoms with Gasteiger partial charge in [0.15, 0.2) is 11.7 Å². The summed E-state index contributed by atoms with van der Waals surface area (Å²) in [5, 5.41) is 2.94. The number of carbonyl (C=O) groups is 1. The van der Waals surface area contributed by atoms with Crippen LogP contribution in [0, 0.1) is 5.82 Å². The molecule has 0 radical (unpaired) electrons. The topological polar surface area (TPSA) is 55.1 Å². The van der Waals surface area contributed by atoms with Crippen molar-refractivity contribution < 1.29 is 13.6 Å². The quantitative estimate of drug-likeness (QED) is 0.575. The lowest BCUT2D eigenvalue weighted by Gasteiger charge is -2.11. The predicted molar refractivity (Wildman–Crippen MR) is 113 cm³/mol. The molecule has 3 aromatic rings. The molecule has 0 unspecified atom stereocenters. The normalized spacial score (nSPS) is 14.3. The first-order valence-corrected chi connectivity index (χ1v) is 11.1. The summed E-state index contributed by atoms with van der Waals surface area (Å²) in [6.45, 7) is 0. The van der Waals surface area contributed by atoms with Gasteiger partial charge in [-0.15, -0.1) is 23.5 Å². The summed E-state index contributed by atoms with van der Waals surface area (Å²) >= 11 is 3.87. The second-order valence-electron chi connectivity index (χ2n) is 6.35. The average Bonchev–Trinajstić information content (AvgIpc) is 3.39. The third-order valence-corrected chi connectivity index (χ3v) is 7.43. The number of nitrogens with zero attached hydrogens (tertiary/aromatic N) is 1. The second-order valence-corrected chi connectivity index (χ2v) is 9.07. The maximum absolute atomic E-state index is 13.8. The number of hydrogen-bond acceptors (Lipinski definition) is 5. The van der Waals surface area contributed by atoms with Crippen LogP contribution < -0.4 is 5.32 Å². The Balaban J connectivity index is 1.34. The van der Waals surface area contributed by atoms with Crippen molar-refractivity contribution in [3.63, 3.8) is 0 Å². The Morgan fingerprint density at radius 3 is 2.82 bits per heavy atom. The van der Waals surface area contributed by atoms with E-state index in [-0.39, 0.29) is 18.1 Å². The van der Waals surface area contributed by atoms with Crippen LogP contribution in [-0.2, 0) is 11.2 Å². The highest BCUT2D eigenvalue weighted by Gasteiger charge is 2.18. The zero-order chi connectivity index (χ0) is 19.3. The second kappa shape index (κ2) is 8.84. The number of rotatable bonds is 6. The van der Waals surface area contributed by atoms with Crippen molar-refractivity contribution in [2.75, 3.05) is 16.8 Å². The fourth-order valence-corrected chi connectivity index (χ4v) is 5.81. The van der Waals surface area contributed by atoms with Crippen LogP contribution in [0.25, 0.3) is 11.3 Å². The van der Waals surface area contributed by atoms with Gasteiger partial charge >= 0.3 is 0 Å². The maximum Gasteiger partial charge on any atom is 0.224 e. The molecular formula is C21H19FN2O2S2. The molecule has 1 aliphatic rings. The number of aryl methyl sites for hydroxylation is 1. The van der Waals surface area contributed by atoms with E-state index in [0.29, 0.717) is 28.2 Å². The molecule has 28 heavy (non-hydrogen) atoms. The number of thioether (sulfide) groups is 2. The van der Waals surface area contributed by atoms with Gasteiger partial charge in [0.2, 0.25) is 5.91 Å². The van der Waals surface area contributed by atoms with Gasteiger partial charge < -0.3 is 9.73 Å². The minimum atomic E-state index is -0.360. The molecular weight excluding hydrogens is 395 g/mol. The molecule has 1 saturated heterocycles. The van der Waals surface area contributed by atoms with Gasteiger partial charge in [-0.2, -0.15) is 0 Å². The van der Waals surface area contributed by atoms with Crippen molar-refractivity contribution in [2.45, 2.75) is 17.4 Å². The molecule has 1 amide bonds. The average molecular weight is 415 g/mol. The minimum Gasteiger partial charge on any atom is -0.441 e. The summed E-state index contributed by atoms with van der Waals surface area (Å²) < 4.78 is 19.9. The Morgan fingerprint density at radius 1 is 1.18 bits per heavy atom. The first kappa shape index (κ1) is 19.1. The molecule has 0 bridgehead atoms. The molecule has 1 N–H and O–H groups in total. The molecule has 2 aromatic carbocycles. The summed E-state index contributed by atoms with van der Waals surface area (Å²) in [6.07, 6.45) is 2.09. The molecule has 4 nitrogen and oxygen atoms in total. The minimum absolute atomic E-state index is 0.102. The lowest BCUT2D eigenvalue weighted by atomic mass is 10.2. The van der Waals surface area contributed by atoms with E-state index in [1.807, 2.05) is 41.7 Å². The van der Waals surface area contributed by atoms with Gasteiger partial charge in [0.25, 0.3) is 0 Å². The molecule has 0 spiro atoms. The smallest absolute Gasteiger partial charge is 0.224 e. The lowest BCUT2D eigenvalue weighted by Crippen LogP contribution is -2.12. The fourth-order valence-electron chi connectivity index (χ4n) is 2.97. The van der Waals surface area contributed by atoms with Crippen molar-refractivity contribution in [2.24, 2.45) is 0 Å². The van der Waals surface area contributed by atoms with Crippen LogP contribution in [0.1, 0.15) is 22.5 Å². The van der Waals surface area contributed by atoms with Crippen molar-refractivity contribution in [1.29, 1.82) is 0 Å². The third-order valence-electron chi connectivity index (χ3n) is 4.32. The fraction of sp³-hybridized carbons (Fsp3) is 0.238. The summed E-state index contributed by atoms with van der Waals surface area (Å²) in [5.41, 5.74) is 2.40. The molecule has 2 heterocycles. The van der Waals surface area contributed by atoms with Gasteiger partial charge in [-0.05, 0) is 29.8 Å². The molecule has 0 aliphatic carbocycles. The van der Waals surface area contributed by atoms with Crippen LogP contribution in [0.3, 0.4) is 0 Å². The standard InChI is InChI=1S/C21H19FN2O2S2/c22-17-7-2-1-6-16(17)18-13-23-20(26-18)9-8-19(25)24-15-5-3-4-14(12-15)21-27-10-11-28-21/h1-7,12-13,21H,8-11H2,(H,24,25). The van der Waals surface area contributed by atoms with Gasteiger partial charge in [0.1, 0.15) is 5.82 Å². The number of aromatic nitrogens is 1. The van der Waals surface area contributed by atoms with E-state index in [2.05, 4.69) is 16.4 Å². The largest absolute Gasteiger partial charge is 0.441 e. The van der Waals surface area contributed by atoms with Crippen molar-refractivity contribution in [3.8, 4) is 11.3 Å². The number of benzene rings is 2. The van der Waals surface area contributed by atoms with Crippen LogP contribution in [0.2, 0.25) is 0 Å². The molecule has 1 fully saturated rings. The third kappa shape index (κ3) is 4.59. The Morgan fingerprint density at radius 2 is 2.00 bits per heavy atom. The number of oxazole rings is 1. The van der Waals surface area contributed by atoms with Crippen LogP contribution >= 0.6 is 23.5 Å².